The van der Waals surface area contributed by atoms with E-state index in [2.05, 4.69) is 20.5 Å². The number of nitrogens with zero attached hydrogens (tertiary/aromatic N) is 2. The lowest BCUT2D eigenvalue weighted by Gasteiger charge is -2.32. The first kappa shape index (κ1) is 23.6. The Hall–Kier alpha value is -3.12. The summed E-state index contributed by atoms with van der Waals surface area (Å²) < 4.78 is 61.4. The van der Waals surface area contributed by atoms with Crippen LogP contribution < -0.4 is 26.0 Å². The van der Waals surface area contributed by atoms with Gasteiger partial charge in [-0.1, -0.05) is 0 Å². The van der Waals surface area contributed by atoms with Crippen molar-refractivity contribution in [1.82, 2.24) is 15.6 Å². The van der Waals surface area contributed by atoms with Gasteiger partial charge in [-0.3, -0.25) is 4.79 Å². The zero-order valence-corrected chi connectivity index (χ0v) is 19.6. The summed E-state index contributed by atoms with van der Waals surface area (Å²) in [5.41, 5.74) is 6.06. The molecule has 1 saturated heterocycles. The molecule has 1 amide bonds. The summed E-state index contributed by atoms with van der Waals surface area (Å²) in [5, 5.41) is 5.70. The quantitative estimate of drug-likeness (QED) is 0.469. The molecule has 0 spiro atoms. The molecule has 12 heteroatoms. The van der Waals surface area contributed by atoms with E-state index in [1.165, 1.54) is 13.0 Å². The normalized spacial score (nSPS) is 18.3. The van der Waals surface area contributed by atoms with Gasteiger partial charge in [0.15, 0.2) is 0 Å². The van der Waals surface area contributed by atoms with E-state index in [4.69, 9.17) is 10.5 Å². The second kappa shape index (κ2) is 8.83. The Bertz CT molecular complexity index is 1300. The molecule has 3 aromatic rings. The number of fused-ring (bicyclic) bond motifs is 2. The number of hydrogen-bond acceptors (Lipinski definition) is 7. The van der Waals surface area contributed by atoms with E-state index in [-0.39, 0.29) is 39.5 Å². The number of nitrogens with two attached hydrogens (primary N) is 1. The van der Waals surface area contributed by atoms with Crippen LogP contribution in [0.2, 0.25) is 0 Å². The van der Waals surface area contributed by atoms with Gasteiger partial charge in [-0.25, -0.2) is 9.37 Å². The molecule has 2 aliphatic rings. The molecule has 1 fully saturated rings. The second-order valence-corrected chi connectivity index (χ2v) is 9.66. The van der Waals surface area contributed by atoms with Crippen LogP contribution in [0.15, 0.2) is 18.2 Å². The summed E-state index contributed by atoms with van der Waals surface area (Å²) in [6.45, 7) is 4.69. The molecule has 186 valence electrons. The number of anilines is 2. The summed E-state index contributed by atoms with van der Waals surface area (Å²) in [6, 6.07) is 3.61. The third-order valence-electron chi connectivity index (χ3n) is 6.19. The fraction of sp³-hybridized carbons (Fsp3) is 0.391. The lowest BCUT2D eigenvalue weighted by atomic mass is 10.0. The summed E-state index contributed by atoms with van der Waals surface area (Å²) in [7, 11) is 0. The van der Waals surface area contributed by atoms with E-state index in [1.54, 1.807) is 6.07 Å². The van der Waals surface area contributed by atoms with Crippen molar-refractivity contribution in [2.24, 2.45) is 0 Å². The van der Waals surface area contributed by atoms with Crippen LogP contribution in [-0.2, 0) is 12.6 Å². The van der Waals surface area contributed by atoms with Crippen LogP contribution in [0.25, 0.3) is 10.2 Å². The van der Waals surface area contributed by atoms with Gasteiger partial charge in [0.05, 0.1) is 17.3 Å². The van der Waals surface area contributed by atoms with Gasteiger partial charge in [0.1, 0.15) is 27.9 Å². The van der Waals surface area contributed by atoms with Crippen LogP contribution >= 0.6 is 11.3 Å². The molecular formula is C23H23F4N5O2S. The molecule has 2 aliphatic heterocycles. The van der Waals surface area contributed by atoms with E-state index in [0.29, 0.717) is 11.3 Å². The number of aryl methyl sites for hydroxylation is 1. The van der Waals surface area contributed by atoms with Crippen molar-refractivity contribution in [3.8, 4) is 5.75 Å². The van der Waals surface area contributed by atoms with Gasteiger partial charge in [0, 0.05) is 61.0 Å². The van der Waals surface area contributed by atoms with Gasteiger partial charge in [-0.05, 0) is 19.1 Å². The highest BCUT2D eigenvalue weighted by molar-refractivity contribution is 7.21. The highest BCUT2D eigenvalue weighted by Gasteiger charge is 2.36. The van der Waals surface area contributed by atoms with E-state index in [1.807, 2.05) is 0 Å². The first-order chi connectivity index (χ1) is 16.6. The number of benzene rings is 1. The molecule has 5 rings (SSSR count). The predicted molar refractivity (Wildman–Crippen MR) is 126 cm³/mol. The number of aromatic nitrogens is 1. The Balaban J connectivity index is 1.37. The summed E-state index contributed by atoms with van der Waals surface area (Å²) >= 11 is 0.798. The third-order valence-corrected chi connectivity index (χ3v) is 7.28. The van der Waals surface area contributed by atoms with Crippen LogP contribution in [0, 0.1) is 12.7 Å². The molecular weight excluding hydrogens is 486 g/mol. The highest BCUT2D eigenvalue weighted by Crippen LogP contribution is 2.42. The number of hydrogen-bond donors (Lipinski definition) is 3. The van der Waals surface area contributed by atoms with Gasteiger partial charge < -0.3 is 26.0 Å². The molecule has 0 saturated carbocycles. The zero-order valence-electron chi connectivity index (χ0n) is 18.8. The molecule has 4 N–H and O–H groups in total. The number of alkyl halides is 3. The molecule has 0 radical (unpaired) electrons. The number of piperazine rings is 1. The Morgan fingerprint density at radius 1 is 1.29 bits per heavy atom. The number of ether oxygens (including phenoxy) is 1. The van der Waals surface area contributed by atoms with Crippen molar-refractivity contribution in [1.29, 1.82) is 0 Å². The lowest BCUT2D eigenvalue weighted by Crippen LogP contribution is -2.44. The van der Waals surface area contributed by atoms with Crippen LogP contribution in [0.1, 0.15) is 26.5 Å². The fourth-order valence-corrected chi connectivity index (χ4v) is 5.57. The Morgan fingerprint density at radius 3 is 2.74 bits per heavy atom. The fourth-order valence-electron chi connectivity index (χ4n) is 4.51. The van der Waals surface area contributed by atoms with E-state index in [0.717, 1.165) is 49.3 Å². The lowest BCUT2D eigenvalue weighted by molar-refractivity contribution is -0.136. The largest absolute Gasteiger partial charge is 0.491 e. The topological polar surface area (TPSA) is 92.5 Å². The standard InChI is InChI=1S/C23H23F4N5O2S/c1-11-6-15(23(25,26)27)18-19(28)20(35-22(18)30-11)21(33)31-12-7-14-16(24)8-13(9-17(14)34-10-12)32-4-2-29-3-5-32/h6,8-9,12,29H,2-5,7,10,28H2,1H3,(H,31,33)/t12-/m1/s1. The number of halogens is 4. The second-order valence-electron chi connectivity index (χ2n) is 8.66. The van der Waals surface area contributed by atoms with Crippen molar-refractivity contribution < 1.29 is 27.1 Å². The average molecular weight is 510 g/mol. The molecule has 1 atom stereocenters. The summed E-state index contributed by atoms with van der Waals surface area (Å²) in [6.07, 6.45) is -4.46. The van der Waals surface area contributed by atoms with Crippen molar-refractivity contribution in [2.45, 2.75) is 25.6 Å². The van der Waals surface area contributed by atoms with Gasteiger partial charge in [-0.2, -0.15) is 13.2 Å². The van der Waals surface area contributed by atoms with Crippen molar-refractivity contribution in [3.63, 3.8) is 0 Å². The minimum absolute atomic E-state index is 0.0386. The Morgan fingerprint density at radius 2 is 2.03 bits per heavy atom. The molecule has 0 bridgehead atoms. The van der Waals surface area contributed by atoms with Gasteiger partial charge in [0.2, 0.25) is 0 Å². The number of nitrogens with one attached hydrogen (secondary N) is 2. The van der Waals surface area contributed by atoms with Crippen LogP contribution in [0.5, 0.6) is 5.75 Å². The van der Waals surface area contributed by atoms with E-state index in [9.17, 15) is 22.4 Å². The maximum Gasteiger partial charge on any atom is 0.417 e. The Labute approximate surface area is 202 Å². The van der Waals surface area contributed by atoms with Gasteiger partial charge in [-0.15, -0.1) is 11.3 Å². The number of pyridine rings is 1. The molecule has 0 unspecified atom stereocenters. The predicted octanol–water partition coefficient (Wildman–Crippen LogP) is 3.49. The number of nitrogen functional groups attached to an aromatic ring is 1. The number of thiophene rings is 1. The highest BCUT2D eigenvalue weighted by atomic mass is 32.1. The van der Waals surface area contributed by atoms with Crippen molar-refractivity contribution in [2.75, 3.05) is 43.4 Å². The molecule has 2 aromatic heterocycles. The zero-order chi connectivity index (χ0) is 24.9. The molecule has 7 nitrogen and oxygen atoms in total. The minimum atomic E-state index is -4.64. The van der Waals surface area contributed by atoms with Crippen LogP contribution in [-0.4, -0.2) is 49.7 Å². The molecule has 35 heavy (non-hydrogen) atoms. The number of carbonyl (C=O) groups is 1. The van der Waals surface area contributed by atoms with Gasteiger partial charge in [0.25, 0.3) is 5.91 Å². The third kappa shape index (κ3) is 4.47. The molecule has 0 aliphatic carbocycles. The maximum absolute atomic E-state index is 15.0. The first-order valence-corrected chi connectivity index (χ1v) is 11.9. The summed E-state index contributed by atoms with van der Waals surface area (Å²) in [4.78, 5) is 19.1. The first-order valence-electron chi connectivity index (χ1n) is 11.1. The SMILES string of the molecule is Cc1cc(C(F)(F)F)c2c(N)c(C(=O)N[C@H]3COc4cc(N5CCNCC5)cc(F)c4C3)sc2n1. The number of rotatable bonds is 3. The molecule has 4 heterocycles. The van der Waals surface area contributed by atoms with E-state index < -0.39 is 29.5 Å². The minimum Gasteiger partial charge on any atom is -0.491 e. The monoisotopic (exact) mass is 509 g/mol. The smallest absolute Gasteiger partial charge is 0.417 e. The van der Waals surface area contributed by atoms with Crippen molar-refractivity contribution >= 4 is 38.8 Å². The summed E-state index contributed by atoms with van der Waals surface area (Å²) in [5.74, 6) is -0.642. The molecule has 1 aromatic carbocycles. The maximum atomic E-state index is 15.0. The number of amides is 1. The van der Waals surface area contributed by atoms with Crippen molar-refractivity contribution in [3.05, 3.63) is 45.7 Å². The van der Waals surface area contributed by atoms with Crippen LogP contribution in [0.4, 0.5) is 28.9 Å². The van der Waals surface area contributed by atoms with Crippen LogP contribution in [0.3, 0.4) is 0 Å². The van der Waals surface area contributed by atoms with Gasteiger partial charge >= 0.3 is 6.18 Å². The van der Waals surface area contributed by atoms with E-state index >= 15 is 0 Å². The Kier molecular flexibility index (Phi) is 5.96. The average Bonchev–Trinajstić information content (AvgIpc) is 3.14. The number of carbonyl (C=O) groups excluding carboxylic acids is 1.